The van der Waals surface area contributed by atoms with Crippen LogP contribution in [0.3, 0.4) is 0 Å². The molecular weight excluding hydrogens is 427 g/mol. The first-order valence-electron chi connectivity index (χ1n) is 10.1. The fourth-order valence-corrected chi connectivity index (χ4v) is 4.42. The molecule has 2 aromatic heterocycles. The molecule has 2 aliphatic rings. The molecule has 3 N–H and O–H groups in total. The number of pyridine rings is 1. The Balaban J connectivity index is 1.14. The van der Waals surface area contributed by atoms with E-state index in [1.54, 1.807) is 12.4 Å². The van der Waals surface area contributed by atoms with Gasteiger partial charge in [-0.2, -0.15) is 0 Å². The molecule has 0 unspecified atom stereocenters. The van der Waals surface area contributed by atoms with E-state index in [-0.39, 0.29) is 16.6 Å². The molecule has 0 bridgehead atoms. The predicted octanol–water partition coefficient (Wildman–Crippen LogP) is 3.79. The molecule has 8 nitrogen and oxygen atoms in total. The zero-order valence-corrected chi connectivity index (χ0v) is 17.9. The van der Waals surface area contributed by atoms with E-state index in [2.05, 4.69) is 25.2 Å². The van der Waals surface area contributed by atoms with Crippen LogP contribution >= 0.6 is 23.2 Å². The lowest BCUT2D eigenvalue weighted by Gasteiger charge is -2.32. The molecule has 2 aromatic rings. The normalized spacial score (nSPS) is 21.3. The minimum absolute atomic E-state index is 0.204. The van der Waals surface area contributed by atoms with Gasteiger partial charge in [0.2, 0.25) is 5.95 Å². The first-order chi connectivity index (χ1) is 14.5. The quantitative estimate of drug-likeness (QED) is 0.688. The molecule has 0 spiro atoms. The lowest BCUT2D eigenvalue weighted by molar-refractivity contribution is 0.200. The number of nitrogens with one attached hydrogen (secondary N) is 1. The molecule has 1 saturated carbocycles. The number of hydrogen-bond donors (Lipinski definition) is 2. The number of nitrogen functional groups attached to an aromatic ring is 1. The van der Waals surface area contributed by atoms with Gasteiger partial charge in [-0.1, -0.05) is 23.2 Å². The van der Waals surface area contributed by atoms with Gasteiger partial charge in [-0.25, -0.2) is 19.7 Å². The summed E-state index contributed by atoms with van der Waals surface area (Å²) in [5.41, 5.74) is 5.54. The highest BCUT2D eigenvalue weighted by Gasteiger charge is 2.43. The highest BCUT2D eigenvalue weighted by atomic mass is 35.5. The van der Waals surface area contributed by atoms with Crippen molar-refractivity contribution >= 4 is 41.1 Å². The van der Waals surface area contributed by atoms with Crippen molar-refractivity contribution in [2.24, 2.45) is 17.8 Å². The van der Waals surface area contributed by atoms with Crippen LogP contribution in [0.5, 0.6) is 5.75 Å². The molecule has 30 heavy (non-hydrogen) atoms. The van der Waals surface area contributed by atoms with Crippen molar-refractivity contribution in [3.05, 3.63) is 34.7 Å². The number of aromatic nitrogens is 3. The van der Waals surface area contributed by atoms with Gasteiger partial charge in [0.25, 0.3) is 0 Å². The summed E-state index contributed by atoms with van der Waals surface area (Å²) in [6.07, 6.45) is 8.63. The molecule has 160 valence electrons. The van der Waals surface area contributed by atoms with Crippen molar-refractivity contribution < 1.29 is 9.53 Å². The number of amides is 1. The van der Waals surface area contributed by atoms with E-state index in [1.165, 1.54) is 18.7 Å². The minimum Gasteiger partial charge on any atom is -0.409 e. The van der Waals surface area contributed by atoms with Crippen LogP contribution in [-0.2, 0) is 0 Å². The second kappa shape index (κ2) is 9.22. The van der Waals surface area contributed by atoms with E-state index in [0.29, 0.717) is 17.5 Å². The average molecular weight is 451 g/mol. The SMILES string of the molecule is Nc1ncc(OC(=O)NCC[C@@H]2C[C@@H]2C2CCN(c3ncc(Cl)cn3)CC2)cc1Cl. The van der Waals surface area contributed by atoms with Gasteiger partial charge in [-0.3, -0.25) is 0 Å². The van der Waals surface area contributed by atoms with Crippen LogP contribution in [-0.4, -0.2) is 40.7 Å². The fourth-order valence-electron chi connectivity index (χ4n) is 4.17. The molecule has 1 aliphatic heterocycles. The van der Waals surface area contributed by atoms with Gasteiger partial charge >= 0.3 is 6.09 Å². The Labute approximate surface area is 185 Å². The van der Waals surface area contributed by atoms with Crippen LogP contribution in [0, 0.1) is 17.8 Å². The molecule has 1 saturated heterocycles. The molecule has 2 fully saturated rings. The maximum Gasteiger partial charge on any atom is 0.412 e. The maximum atomic E-state index is 11.9. The Morgan fingerprint density at radius 3 is 2.63 bits per heavy atom. The largest absolute Gasteiger partial charge is 0.412 e. The van der Waals surface area contributed by atoms with Crippen molar-refractivity contribution in [2.45, 2.75) is 25.7 Å². The van der Waals surface area contributed by atoms with Gasteiger partial charge in [0, 0.05) is 25.7 Å². The Morgan fingerprint density at radius 1 is 1.20 bits per heavy atom. The third-order valence-electron chi connectivity index (χ3n) is 5.85. The molecule has 4 rings (SSSR count). The zero-order chi connectivity index (χ0) is 21.1. The van der Waals surface area contributed by atoms with E-state index in [4.69, 9.17) is 33.7 Å². The minimum atomic E-state index is -0.508. The van der Waals surface area contributed by atoms with Crippen molar-refractivity contribution in [3.8, 4) is 5.75 Å². The number of ether oxygens (including phenoxy) is 1. The Morgan fingerprint density at radius 2 is 1.93 bits per heavy atom. The van der Waals surface area contributed by atoms with Gasteiger partial charge in [0.1, 0.15) is 5.82 Å². The number of hydrogen-bond acceptors (Lipinski definition) is 7. The number of nitrogens with two attached hydrogens (primary N) is 1. The second-order valence-corrected chi connectivity index (χ2v) is 8.67. The molecule has 3 heterocycles. The smallest absolute Gasteiger partial charge is 0.409 e. The second-order valence-electron chi connectivity index (χ2n) is 7.83. The average Bonchev–Trinajstić information content (AvgIpc) is 3.51. The van der Waals surface area contributed by atoms with E-state index >= 15 is 0 Å². The Kier molecular flexibility index (Phi) is 6.43. The molecule has 2 atom stereocenters. The standard InChI is InChI=1S/C20H24Cl2N6O2/c21-14-9-26-19(27-10-14)28-5-2-12(3-6-28)16-7-13(16)1-4-24-20(29)30-15-8-17(22)18(23)25-11-15/h8-13,16H,1-7H2,(H2,23,25)(H,24,29)/t13-,16-/m1/s1. The number of carbonyl (C=O) groups is 1. The van der Waals surface area contributed by atoms with Gasteiger partial charge < -0.3 is 20.7 Å². The number of nitrogens with zero attached hydrogens (tertiary/aromatic N) is 4. The topological polar surface area (TPSA) is 106 Å². The summed E-state index contributed by atoms with van der Waals surface area (Å²) in [5, 5.41) is 3.61. The summed E-state index contributed by atoms with van der Waals surface area (Å²) in [6.45, 7) is 2.53. The fraction of sp³-hybridized carbons (Fsp3) is 0.500. The van der Waals surface area contributed by atoms with Gasteiger partial charge in [0.15, 0.2) is 5.75 Å². The molecule has 10 heteroatoms. The van der Waals surface area contributed by atoms with Crippen LogP contribution in [0.25, 0.3) is 0 Å². The first kappa shape index (κ1) is 20.9. The molecule has 0 radical (unpaired) electrons. The van der Waals surface area contributed by atoms with E-state index in [1.807, 2.05) is 0 Å². The number of halogens is 2. The monoisotopic (exact) mass is 450 g/mol. The summed E-state index contributed by atoms with van der Waals surface area (Å²) in [4.78, 5) is 26.6. The summed E-state index contributed by atoms with van der Waals surface area (Å²) in [6, 6.07) is 1.47. The van der Waals surface area contributed by atoms with E-state index in [0.717, 1.165) is 50.1 Å². The molecule has 1 amide bonds. The number of anilines is 2. The van der Waals surface area contributed by atoms with Crippen molar-refractivity contribution in [3.63, 3.8) is 0 Å². The van der Waals surface area contributed by atoms with Crippen LogP contribution in [0.15, 0.2) is 24.7 Å². The van der Waals surface area contributed by atoms with Gasteiger partial charge in [-0.05, 0) is 43.4 Å². The molecular formula is C20H24Cl2N6O2. The Bertz CT molecular complexity index is 889. The van der Waals surface area contributed by atoms with Gasteiger partial charge in [0.05, 0.1) is 28.6 Å². The zero-order valence-electron chi connectivity index (χ0n) is 16.4. The molecule has 1 aliphatic carbocycles. The van der Waals surface area contributed by atoms with E-state index < -0.39 is 6.09 Å². The summed E-state index contributed by atoms with van der Waals surface area (Å²) in [7, 11) is 0. The third kappa shape index (κ3) is 5.23. The lowest BCUT2D eigenvalue weighted by atomic mass is 9.90. The molecule has 0 aromatic carbocycles. The highest BCUT2D eigenvalue weighted by molar-refractivity contribution is 6.32. The van der Waals surface area contributed by atoms with Gasteiger partial charge in [-0.15, -0.1) is 0 Å². The first-order valence-corrected chi connectivity index (χ1v) is 10.8. The maximum absolute atomic E-state index is 11.9. The van der Waals surface area contributed by atoms with Crippen LogP contribution in [0.1, 0.15) is 25.7 Å². The van der Waals surface area contributed by atoms with Crippen molar-refractivity contribution in [1.82, 2.24) is 20.3 Å². The van der Waals surface area contributed by atoms with E-state index in [9.17, 15) is 4.79 Å². The van der Waals surface area contributed by atoms with Crippen LogP contribution < -0.4 is 20.7 Å². The van der Waals surface area contributed by atoms with Crippen LogP contribution in [0.2, 0.25) is 10.0 Å². The Hall–Kier alpha value is -2.32. The summed E-state index contributed by atoms with van der Waals surface area (Å²) in [5.74, 6) is 3.37. The number of rotatable bonds is 6. The lowest BCUT2D eigenvalue weighted by Crippen LogP contribution is -2.35. The highest BCUT2D eigenvalue weighted by Crippen LogP contribution is 2.49. The number of piperidine rings is 1. The summed E-state index contributed by atoms with van der Waals surface area (Å²) >= 11 is 11.7. The van der Waals surface area contributed by atoms with Crippen molar-refractivity contribution in [2.75, 3.05) is 30.3 Å². The third-order valence-corrected chi connectivity index (χ3v) is 6.35. The van der Waals surface area contributed by atoms with Crippen LogP contribution in [0.4, 0.5) is 16.6 Å². The number of carbonyl (C=O) groups excluding carboxylic acids is 1. The predicted molar refractivity (Wildman–Crippen MR) is 116 cm³/mol. The van der Waals surface area contributed by atoms with Crippen molar-refractivity contribution in [1.29, 1.82) is 0 Å². The summed E-state index contributed by atoms with van der Waals surface area (Å²) < 4.78 is 5.18.